The fourth-order valence-corrected chi connectivity index (χ4v) is 1.83. The maximum Gasteiger partial charge on any atom is 0.125 e. The van der Waals surface area contributed by atoms with Crippen molar-refractivity contribution in [1.29, 1.82) is 0 Å². The highest BCUT2D eigenvalue weighted by atomic mass is 16.5. The van der Waals surface area contributed by atoms with Crippen LogP contribution in [0, 0.1) is 12.8 Å². The first-order valence-corrected chi connectivity index (χ1v) is 6.55. The van der Waals surface area contributed by atoms with Gasteiger partial charge in [-0.05, 0) is 35.8 Å². The van der Waals surface area contributed by atoms with Gasteiger partial charge in [-0.3, -0.25) is 0 Å². The number of hydrogen-bond acceptors (Lipinski definition) is 1. The van der Waals surface area contributed by atoms with Gasteiger partial charge in [0.05, 0.1) is 6.61 Å². The van der Waals surface area contributed by atoms with Crippen molar-refractivity contribution in [3.63, 3.8) is 0 Å². The zero-order chi connectivity index (χ0) is 13.1. The van der Waals surface area contributed by atoms with Gasteiger partial charge in [0, 0.05) is 0 Å². The van der Waals surface area contributed by atoms with Crippen LogP contribution < -0.4 is 4.74 Å². The second kappa shape index (κ2) is 5.57. The molecule has 0 aromatic heterocycles. The average molecular weight is 234 g/mol. The Bertz CT molecular complexity index is 358. The lowest BCUT2D eigenvalue weighted by molar-refractivity contribution is 0.281. The summed E-state index contributed by atoms with van der Waals surface area (Å²) in [4.78, 5) is 0. The molecule has 17 heavy (non-hydrogen) atoms. The molecule has 0 saturated heterocycles. The summed E-state index contributed by atoms with van der Waals surface area (Å²) in [5, 5.41) is 0. The molecule has 0 N–H and O–H groups in total. The summed E-state index contributed by atoms with van der Waals surface area (Å²) < 4.78 is 6.01. The summed E-state index contributed by atoms with van der Waals surface area (Å²) >= 11 is 0. The lowest BCUT2D eigenvalue weighted by Crippen LogP contribution is -2.15. The Morgan fingerprint density at radius 1 is 1.18 bits per heavy atom. The summed E-state index contributed by atoms with van der Waals surface area (Å²) in [6.07, 6.45) is 1.11. The molecular formula is C16H26O. The molecule has 0 fully saturated rings. The Kier molecular flexibility index (Phi) is 4.62. The molecule has 0 spiro atoms. The molecule has 0 aliphatic heterocycles. The predicted molar refractivity (Wildman–Crippen MR) is 74.8 cm³/mol. The summed E-state index contributed by atoms with van der Waals surface area (Å²) in [5.41, 5.74) is 2.68. The molecule has 1 heteroatoms. The SMILES string of the molecule is Cc1cccc(C(C)(C)C)c1OCCC(C)C. The predicted octanol–water partition coefficient (Wildman–Crippen LogP) is 4.72. The first-order valence-electron chi connectivity index (χ1n) is 6.55. The second-order valence-electron chi connectivity index (χ2n) is 6.23. The van der Waals surface area contributed by atoms with E-state index in [0.717, 1.165) is 18.8 Å². The van der Waals surface area contributed by atoms with E-state index in [1.165, 1.54) is 11.1 Å². The topological polar surface area (TPSA) is 9.23 Å². The van der Waals surface area contributed by atoms with Crippen LogP contribution in [0.1, 0.15) is 52.2 Å². The number of benzene rings is 1. The van der Waals surface area contributed by atoms with Gasteiger partial charge >= 0.3 is 0 Å². The van der Waals surface area contributed by atoms with E-state index in [-0.39, 0.29) is 5.41 Å². The molecule has 1 aromatic carbocycles. The normalized spacial score (nSPS) is 11.9. The molecule has 0 saturated carbocycles. The highest BCUT2D eigenvalue weighted by Gasteiger charge is 2.19. The molecule has 0 atom stereocenters. The Morgan fingerprint density at radius 3 is 2.35 bits per heavy atom. The van der Waals surface area contributed by atoms with Crippen molar-refractivity contribution in [1.82, 2.24) is 0 Å². The van der Waals surface area contributed by atoms with Crippen LogP contribution in [0.4, 0.5) is 0 Å². The van der Waals surface area contributed by atoms with E-state index in [0.29, 0.717) is 5.92 Å². The zero-order valence-corrected chi connectivity index (χ0v) is 12.1. The molecule has 0 heterocycles. The third-order valence-electron chi connectivity index (χ3n) is 2.96. The Labute approximate surface area is 106 Å². The smallest absolute Gasteiger partial charge is 0.125 e. The first kappa shape index (κ1) is 14.1. The van der Waals surface area contributed by atoms with E-state index < -0.39 is 0 Å². The molecule has 1 rings (SSSR count). The molecule has 0 aliphatic rings. The molecule has 0 aliphatic carbocycles. The highest BCUT2D eigenvalue weighted by molar-refractivity contribution is 5.44. The van der Waals surface area contributed by atoms with Crippen LogP contribution in [0.5, 0.6) is 5.75 Å². The van der Waals surface area contributed by atoms with E-state index in [1.54, 1.807) is 0 Å². The standard InChI is InChI=1S/C16H26O/c1-12(2)10-11-17-15-13(3)8-7-9-14(15)16(4,5)6/h7-9,12H,10-11H2,1-6H3. The van der Waals surface area contributed by atoms with Crippen LogP contribution in [0.25, 0.3) is 0 Å². The molecule has 0 radical (unpaired) electrons. The summed E-state index contributed by atoms with van der Waals surface area (Å²) in [6.45, 7) is 14.1. The van der Waals surface area contributed by atoms with Crippen LogP contribution in [0.2, 0.25) is 0 Å². The molecular weight excluding hydrogens is 208 g/mol. The summed E-state index contributed by atoms with van der Waals surface area (Å²) in [5.74, 6) is 1.78. The minimum Gasteiger partial charge on any atom is -0.493 e. The van der Waals surface area contributed by atoms with Crippen molar-refractivity contribution in [2.45, 2.75) is 53.4 Å². The van der Waals surface area contributed by atoms with E-state index in [9.17, 15) is 0 Å². The van der Waals surface area contributed by atoms with Gasteiger partial charge in [-0.2, -0.15) is 0 Å². The highest BCUT2D eigenvalue weighted by Crippen LogP contribution is 2.33. The summed E-state index contributed by atoms with van der Waals surface area (Å²) in [7, 11) is 0. The van der Waals surface area contributed by atoms with Gasteiger partial charge in [-0.25, -0.2) is 0 Å². The number of hydrogen-bond donors (Lipinski definition) is 0. The Balaban J connectivity index is 2.89. The van der Waals surface area contributed by atoms with E-state index in [4.69, 9.17) is 4.74 Å². The Hall–Kier alpha value is -0.980. The number of rotatable bonds is 4. The summed E-state index contributed by atoms with van der Waals surface area (Å²) in [6, 6.07) is 6.42. The molecule has 1 nitrogen and oxygen atoms in total. The molecule has 96 valence electrons. The van der Waals surface area contributed by atoms with Gasteiger partial charge in [0.1, 0.15) is 5.75 Å². The van der Waals surface area contributed by atoms with Crippen molar-refractivity contribution in [3.05, 3.63) is 29.3 Å². The number of aryl methyl sites for hydroxylation is 1. The maximum absolute atomic E-state index is 6.01. The fraction of sp³-hybridized carbons (Fsp3) is 0.625. The molecule has 0 bridgehead atoms. The molecule has 1 aromatic rings. The van der Waals surface area contributed by atoms with Crippen molar-refractivity contribution < 1.29 is 4.74 Å². The first-order chi connectivity index (χ1) is 7.82. The van der Waals surface area contributed by atoms with Crippen molar-refractivity contribution in [2.75, 3.05) is 6.61 Å². The van der Waals surface area contributed by atoms with E-state index in [1.807, 2.05) is 0 Å². The van der Waals surface area contributed by atoms with Crippen LogP contribution in [0.15, 0.2) is 18.2 Å². The van der Waals surface area contributed by atoms with Gasteiger partial charge in [0.2, 0.25) is 0 Å². The minimum absolute atomic E-state index is 0.138. The van der Waals surface area contributed by atoms with Crippen molar-refractivity contribution in [3.8, 4) is 5.75 Å². The monoisotopic (exact) mass is 234 g/mol. The average Bonchev–Trinajstić information content (AvgIpc) is 2.18. The van der Waals surface area contributed by atoms with Crippen molar-refractivity contribution in [2.24, 2.45) is 5.92 Å². The largest absolute Gasteiger partial charge is 0.493 e. The third-order valence-corrected chi connectivity index (χ3v) is 2.96. The van der Waals surface area contributed by atoms with Gasteiger partial charge in [0.25, 0.3) is 0 Å². The minimum atomic E-state index is 0.138. The van der Waals surface area contributed by atoms with Gasteiger partial charge < -0.3 is 4.74 Å². The van der Waals surface area contributed by atoms with E-state index >= 15 is 0 Å². The van der Waals surface area contributed by atoms with Gasteiger partial charge in [-0.1, -0.05) is 52.8 Å². The third kappa shape index (κ3) is 4.07. The lowest BCUT2D eigenvalue weighted by Gasteiger charge is -2.24. The Morgan fingerprint density at radius 2 is 1.82 bits per heavy atom. The van der Waals surface area contributed by atoms with E-state index in [2.05, 4.69) is 59.7 Å². The van der Waals surface area contributed by atoms with Crippen LogP contribution in [-0.2, 0) is 5.41 Å². The quantitative estimate of drug-likeness (QED) is 0.732. The molecule has 0 unspecified atom stereocenters. The molecule has 0 amide bonds. The van der Waals surface area contributed by atoms with Gasteiger partial charge in [-0.15, -0.1) is 0 Å². The van der Waals surface area contributed by atoms with Crippen molar-refractivity contribution >= 4 is 0 Å². The second-order valence-corrected chi connectivity index (χ2v) is 6.23. The maximum atomic E-state index is 6.01. The zero-order valence-electron chi connectivity index (χ0n) is 12.1. The van der Waals surface area contributed by atoms with Crippen LogP contribution >= 0.6 is 0 Å². The van der Waals surface area contributed by atoms with Crippen LogP contribution in [-0.4, -0.2) is 6.61 Å². The van der Waals surface area contributed by atoms with Crippen LogP contribution in [0.3, 0.4) is 0 Å². The number of ether oxygens (including phenoxy) is 1. The lowest BCUT2D eigenvalue weighted by atomic mass is 9.85. The fourth-order valence-electron chi connectivity index (χ4n) is 1.83. The number of para-hydroxylation sites is 1. The van der Waals surface area contributed by atoms with Gasteiger partial charge in [0.15, 0.2) is 0 Å².